The van der Waals surface area contributed by atoms with Gasteiger partial charge in [0.15, 0.2) is 0 Å². The molecule has 0 aliphatic carbocycles. The van der Waals surface area contributed by atoms with Crippen molar-refractivity contribution in [1.82, 2.24) is 5.32 Å². The van der Waals surface area contributed by atoms with E-state index in [1.54, 1.807) is 0 Å². The van der Waals surface area contributed by atoms with Gasteiger partial charge in [-0.25, -0.2) is 0 Å². The van der Waals surface area contributed by atoms with Crippen molar-refractivity contribution in [2.24, 2.45) is 11.3 Å². The van der Waals surface area contributed by atoms with Crippen LogP contribution >= 0.6 is 11.8 Å². The van der Waals surface area contributed by atoms with E-state index in [2.05, 4.69) is 44.8 Å². The molecule has 1 unspecified atom stereocenters. The highest BCUT2D eigenvalue weighted by atomic mass is 32.2. The highest BCUT2D eigenvalue weighted by molar-refractivity contribution is 7.99. The number of thioether (sulfide) groups is 1. The van der Waals surface area contributed by atoms with Gasteiger partial charge in [0.25, 0.3) is 0 Å². The van der Waals surface area contributed by atoms with Gasteiger partial charge in [-0.15, -0.1) is 0 Å². The molecule has 0 aromatic rings. The van der Waals surface area contributed by atoms with Gasteiger partial charge in [-0.2, -0.15) is 11.8 Å². The molecule has 0 aromatic carbocycles. The zero-order valence-corrected chi connectivity index (χ0v) is 10.9. The molecule has 1 fully saturated rings. The normalized spacial score (nSPS) is 26.8. The van der Waals surface area contributed by atoms with Crippen LogP contribution in [-0.2, 0) is 0 Å². The monoisotopic (exact) mass is 215 g/mol. The van der Waals surface area contributed by atoms with Crippen LogP contribution in [0.4, 0.5) is 0 Å². The van der Waals surface area contributed by atoms with Crippen LogP contribution in [0.15, 0.2) is 0 Å². The third kappa shape index (κ3) is 4.70. The van der Waals surface area contributed by atoms with E-state index >= 15 is 0 Å². The van der Waals surface area contributed by atoms with Crippen LogP contribution < -0.4 is 5.32 Å². The molecular weight excluding hydrogens is 190 g/mol. The largest absolute Gasteiger partial charge is 0.313 e. The highest BCUT2D eigenvalue weighted by Gasteiger charge is 2.27. The van der Waals surface area contributed by atoms with E-state index in [0.29, 0.717) is 5.41 Å². The summed E-state index contributed by atoms with van der Waals surface area (Å²) in [5.41, 5.74) is 0.540. The van der Waals surface area contributed by atoms with Crippen LogP contribution in [0.1, 0.15) is 40.5 Å². The first kappa shape index (κ1) is 12.4. The third-order valence-corrected chi connectivity index (χ3v) is 4.39. The summed E-state index contributed by atoms with van der Waals surface area (Å²) < 4.78 is 0. The minimum Gasteiger partial charge on any atom is -0.313 e. The zero-order chi connectivity index (χ0) is 10.6. The van der Waals surface area contributed by atoms with Crippen molar-refractivity contribution < 1.29 is 0 Å². The number of hydrogen-bond donors (Lipinski definition) is 1. The van der Waals surface area contributed by atoms with E-state index in [4.69, 9.17) is 0 Å². The summed E-state index contributed by atoms with van der Waals surface area (Å²) in [6.07, 6.45) is 2.65. The molecule has 0 amide bonds. The van der Waals surface area contributed by atoms with Crippen LogP contribution in [0, 0.1) is 11.3 Å². The Hall–Kier alpha value is 0.310. The van der Waals surface area contributed by atoms with Gasteiger partial charge in [0.05, 0.1) is 0 Å². The van der Waals surface area contributed by atoms with E-state index in [-0.39, 0.29) is 0 Å². The van der Waals surface area contributed by atoms with E-state index in [9.17, 15) is 0 Å². The Kier molecular flexibility index (Phi) is 4.78. The fraction of sp³-hybridized carbons (Fsp3) is 1.00. The predicted molar refractivity (Wildman–Crippen MR) is 67.0 cm³/mol. The van der Waals surface area contributed by atoms with Crippen LogP contribution in [0.3, 0.4) is 0 Å². The average molecular weight is 215 g/mol. The quantitative estimate of drug-likeness (QED) is 0.773. The number of rotatable bonds is 4. The Morgan fingerprint density at radius 1 is 1.43 bits per heavy atom. The molecule has 0 radical (unpaired) electrons. The SMILES string of the molecule is CC(C)CCNC1CSCC(C)(C)C1. The molecule has 84 valence electrons. The summed E-state index contributed by atoms with van der Waals surface area (Å²) in [6, 6.07) is 0.752. The van der Waals surface area contributed by atoms with Crippen molar-refractivity contribution in [1.29, 1.82) is 0 Å². The molecule has 1 atom stereocenters. The molecule has 1 heterocycles. The van der Waals surface area contributed by atoms with Crippen molar-refractivity contribution >= 4 is 11.8 Å². The lowest BCUT2D eigenvalue weighted by Crippen LogP contribution is -2.40. The molecule has 1 saturated heterocycles. The van der Waals surface area contributed by atoms with Gasteiger partial charge < -0.3 is 5.32 Å². The summed E-state index contributed by atoms with van der Waals surface area (Å²) in [4.78, 5) is 0. The Morgan fingerprint density at radius 2 is 2.14 bits per heavy atom. The summed E-state index contributed by atoms with van der Waals surface area (Å²) in [5, 5.41) is 3.69. The standard InChI is InChI=1S/C12H25NS/c1-10(2)5-6-13-11-7-12(3,4)9-14-8-11/h10-11,13H,5-9H2,1-4H3. The van der Waals surface area contributed by atoms with Crippen molar-refractivity contribution in [3.8, 4) is 0 Å². The second-order valence-electron chi connectivity index (χ2n) is 5.72. The molecule has 1 aliphatic rings. The second kappa shape index (κ2) is 5.41. The van der Waals surface area contributed by atoms with Gasteiger partial charge in [0.2, 0.25) is 0 Å². The first-order chi connectivity index (χ1) is 6.49. The fourth-order valence-electron chi connectivity index (χ4n) is 1.97. The minimum absolute atomic E-state index is 0.540. The van der Waals surface area contributed by atoms with Crippen molar-refractivity contribution in [2.75, 3.05) is 18.1 Å². The van der Waals surface area contributed by atoms with Gasteiger partial charge in [-0.3, -0.25) is 0 Å². The number of hydrogen-bond acceptors (Lipinski definition) is 2. The molecule has 0 saturated carbocycles. The van der Waals surface area contributed by atoms with Crippen LogP contribution in [-0.4, -0.2) is 24.1 Å². The zero-order valence-electron chi connectivity index (χ0n) is 10.1. The Labute approximate surface area is 93.4 Å². The fourth-order valence-corrected chi connectivity index (χ4v) is 3.28. The minimum atomic E-state index is 0.540. The highest BCUT2D eigenvalue weighted by Crippen LogP contribution is 2.33. The summed E-state index contributed by atoms with van der Waals surface area (Å²) in [7, 11) is 0. The lowest BCUT2D eigenvalue weighted by atomic mass is 9.88. The molecule has 2 heteroatoms. The van der Waals surface area contributed by atoms with E-state index in [1.807, 2.05) is 0 Å². The lowest BCUT2D eigenvalue weighted by Gasteiger charge is -2.35. The Morgan fingerprint density at radius 3 is 2.71 bits per heavy atom. The second-order valence-corrected chi connectivity index (χ2v) is 6.75. The molecule has 0 bridgehead atoms. The van der Waals surface area contributed by atoms with Gasteiger partial charge in [0.1, 0.15) is 0 Å². The van der Waals surface area contributed by atoms with Crippen LogP contribution in [0.2, 0.25) is 0 Å². The maximum absolute atomic E-state index is 3.69. The molecule has 0 aromatic heterocycles. The maximum Gasteiger partial charge on any atom is 0.0163 e. The van der Waals surface area contributed by atoms with Crippen molar-refractivity contribution in [3.05, 3.63) is 0 Å². The van der Waals surface area contributed by atoms with Crippen LogP contribution in [0.25, 0.3) is 0 Å². The van der Waals surface area contributed by atoms with E-state index in [0.717, 1.165) is 12.0 Å². The summed E-state index contributed by atoms with van der Waals surface area (Å²) >= 11 is 2.11. The Bertz CT molecular complexity index is 166. The van der Waals surface area contributed by atoms with Crippen LogP contribution in [0.5, 0.6) is 0 Å². The van der Waals surface area contributed by atoms with E-state index < -0.39 is 0 Å². The molecule has 0 spiro atoms. The predicted octanol–water partition coefficient (Wildman–Crippen LogP) is 3.15. The van der Waals surface area contributed by atoms with Gasteiger partial charge in [-0.1, -0.05) is 27.7 Å². The third-order valence-electron chi connectivity index (χ3n) is 2.77. The Balaban J connectivity index is 2.18. The van der Waals surface area contributed by atoms with Crippen molar-refractivity contribution in [2.45, 2.75) is 46.6 Å². The van der Waals surface area contributed by atoms with Gasteiger partial charge in [-0.05, 0) is 36.5 Å². The smallest absolute Gasteiger partial charge is 0.0163 e. The lowest BCUT2D eigenvalue weighted by molar-refractivity contribution is 0.314. The molecule has 1 aliphatic heterocycles. The molecule has 1 rings (SSSR count). The average Bonchev–Trinajstić information content (AvgIpc) is 2.01. The van der Waals surface area contributed by atoms with Crippen molar-refractivity contribution in [3.63, 3.8) is 0 Å². The molecule has 1 nitrogen and oxygen atoms in total. The maximum atomic E-state index is 3.69. The van der Waals surface area contributed by atoms with Gasteiger partial charge >= 0.3 is 0 Å². The molecular formula is C12H25NS. The number of nitrogens with one attached hydrogen (secondary N) is 1. The molecule has 14 heavy (non-hydrogen) atoms. The molecule has 1 N–H and O–H groups in total. The summed E-state index contributed by atoms with van der Waals surface area (Å²) in [5.74, 6) is 3.46. The van der Waals surface area contributed by atoms with E-state index in [1.165, 1.54) is 30.9 Å². The first-order valence-corrected chi connectivity index (χ1v) is 6.96. The first-order valence-electron chi connectivity index (χ1n) is 5.81. The topological polar surface area (TPSA) is 12.0 Å². The van der Waals surface area contributed by atoms with Gasteiger partial charge in [0, 0.05) is 11.8 Å². The summed E-state index contributed by atoms with van der Waals surface area (Å²) in [6.45, 7) is 10.5.